The van der Waals surface area contributed by atoms with Gasteiger partial charge in [0.15, 0.2) is 24.7 Å². The van der Waals surface area contributed by atoms with E-state index in [-0.39, 0.29) is 0 Å². The molecule has 1 fully saturated rings. The van der Waals surface area contributed by atoms with Crippen LogP contribution in [0.4, 0.5) is 17.6 Å². The highest BCUT2D eigenvalue weighted by Crippen LogP contribution is 2.38. The van der Waals surface area contributed by atoms with Crippen molar-refractivity contribution in [1.82, 2.24) is 0 Å². The molecule has 1 heterocycles. The first-order chi connectivity index (χ1) is 18.5. The Morgan fingerprint density at radius 3 is 1.85 bits per heavy atom. The van der Waals surface area contributed by atoms with Crippen molar-refractivity contribution in [2.24, 2.45) is 0 Å². The number of esters is 1. The molecule has 0 saturated carbocycles. The van der Waals surface area contributed by atoms with Crippen LogP contribution in [0.2, 0.25) is 5.04 Å². The van der Waals surface area contributed by atoms with Crippen LogP contribution in [0.3, 0.4) is 0 Å². The van der Waals surface area contributed by atoms with Crippen molar-refractivity contribution in [1.29, 1.82) is 0 Å². The van der Waals surface area contributed by atoms with Crippen LogP contribution in [-0.2, 0) is 37.7 Å². The summed E-state index contributed by atoms with van der Waals surface area (Å²) in [6.07, 6.45) is -10.1. The molecular formula is C26H32F4O8SSi. The van der Waals surface area contributed by atoms with Crippen LogP contribution in [0.1, 0.15) is 27.7 Å². The van der Waals surface area contributed by atoms with E-state index in [1.165, 1.54) is 0 Å². The molecule has 0 unspecified atom stereocenters. The number of rotatable bonds is 9. The fourth-order valence-electron chi connectivity index (χ4n) is 4.79. The number of halogens is 4. The Hall–Kier alpha value is -2.36. The third kappa shape index (κ3) is 6.58. The minimum Gasteiger partial charge on any atom is -0.456 e. The van der Waals surface area contributed by atoms with Gasteiger partial charge in [-0.25, -0.2) is 4.39 Å². The summed E-state index contributed by atoms with van der Waals surface area (Å²) in [5.74, 6) is -1.07. The lowest BCUT2D eigenvalue weighted by atomic mass is 10.0. The predicted molar refractivity (Wildman–Crippen MR) is 140 cm³/mol. The maximum absolute atomic E-state index is 15.9. The van der Waals surface area contributed by atoms with Crippen LogP contribution in [-0.4, -0.2) is 72.7 Å². The van der Waals surface area contributed by atoms with Crippen LogP contribution in [0.25, 0.3) is 0 Å². The van der Waals surface area contributed by atoms with Crippen LogP contribution in [0.5, 0.6) is 0 Å². The van der Waals surface area contributed by atoms with Crippen molar-refractivity contribution in [3.8, 4) is 0 Å². The Morgan fingerprint density at radius 1 is 0.950 bits per heavy atom. The number of methoxy groups -OCH3 is 1. The molecule has 2 aromatic carbocycles. The van der Waals surface area contributed by atoms with Gasteiger partial charge in [0.25, 0.3) is 8.32 Å². The second kappa shape index (κ2) is 12.2. The van der Waals surface area contributed by atoms with Gasteiger partial charge in [-0.1, -0.05) is 81.4 Å². The van der Waals surface area contributed by atoms with E-state index in [2.05, 4.69) is 4.18 Å². The minimum absolute atomic E-state index is 0.426. The third-order valence-electron chi connectivity index (χ3n) is 6.51. The molecule has 0 bridgehead atoms. The topological polar surface area (TPSA) is 97.4 Å². The molecule has 0 amide bonds. The number of benzene rings is 2. The van der Waals surface area contributed by atoms with Crippen LogP contribution < -0.4 is 10.4 Å². The van der Waals surface area contributed by atoms with Gasteiger partial charge in [0.2, 0.25) is 0 Å². The molecule has 1 aliphatic rings. The van der Waals surface area contributed by atoms with Crippen molar-refractivity contribution in [3.05, 3.63) is 60.7 Å². The second-order valence-corrected chi connectivity index (χ2v) is 16.1. The number of ether oxygens (including phenoxy) is 3. The molecule has 5 atom stereocenters. The molecule has 8 nitrogen and oxygen atoms in total. The van der Waals surface area contributed by atoms with Gasteiger partial charge < -0.3 is 18.6 Å². The molecule has 14 heteroatoms. The SMILES string of the molecule is CO[C@H]1O[C@H](CO[Si](c2ccccc2)(c2ccccc2)C(C)(C)C)[C@@H](F)[C@H](OC(C)=O)[C@H]1OS(=O)(=O)C(F)(F)F. The fourth-order valence-corrected chi connectivity index (χ4v) is 9.96. The molecule has 0 N–H and O–H groups in total. The lowest BCUT2D eigenvalue weighted by Gasteiger charge is -2.46. The van der Waals surface area contributed by atoms with Gasteiger partial charge in [-0.15, -0.1) is 0 Å². The van der Waals surface area contributed by atoms with Gasteiger partial charge in [-0.3, -0.25) is 8.98 Å². The van der Waals surface area contributed by atoms with Gasteiger partial charge in [0.05, 0.1) is 6.61 Å². The normalized spacial score (nSPS) is 24.5. The van der Waals surface area contributed by atoms with Crippen LogP contribution in [0, 0.1) is 0 Å². The highest BCUT2D eigenvalue weighted by atomic mass is 32.2. The number of carbonyl (C=O) groups excluding carboxylic acids is 1. The second-order valence-electron chi connectivity index (χ2n) is 10.2. The van der Waals surface area contributed by atoms with E-state index < -0.39 is 72.3 Å². The monoisotopic (exact) mass is 608 g/mol. The van der Waals surface area contributed by atoms with Crippen molar-refractivity contribution in [3.63, 3.8) is 0 Å². The number of hydrogen-bond donors (Lipinski definition) is 0. The first kappa shape index (κ1) is 32.2. The van der Waals surface area contributed by atoms with E-state index in [9.17, 15) is 26.4 Å². The summed E-state index contributed by atoms with van der Waals surface area (Å²) in [7, 11) is -8.41. The summed E-state index contributed by atoms with van der Waals surface area (Å²) >= 11 is 0. The fraction of sp³-hybridized carbons (Fsp3) is 0.500. The molecule has 1 aliphatic heterocycles. The maximum atomic E-state index is 15.9. The Bertz CT molecular complexity index is 1200. The van der Waals surface area contributed by atoms with Crippen LogP contribution >= 0.6 is 0 Å². The lowest BCUT2D eigenvalue weighted by molar-refractivity contribution is -0.280. The van der Waals surface area contributed by atoms with Crippen molar-refractivity contribution in [2.75, 3.05) is 13.7 Å². The first-order valence-electron chi connectivity index (χ1n) is 12.3. The van der Waals surface area contributed by atoms with Crippen molar-refractivity contribution in [2.45, 2.75) is 69.0 Å². The first-order valence-corrected chi connectivity index (χ1v) is 15.6. The largest absolute Gasteiger partial charge is 0.523 e. The van der Waals surface area contributed by atoms with Crippen molar-refractivity contribution < 1.29 is 53.6 Å². The van der Waals surface area contributed by atoms with E-state index in [0.717, 1.165) is 24.4 Å². The van der Waals surface area contributed by atoms with Gasteiger partial charge in [0.1, 0.15) is 6.10 Å². The number of alkyl halides is 4. The minimum atomic E-state index is -6.22. The molecule has 0 spiro atoms. The van der Waals surface area contributed by atoms with Gasteiger partial charge in [-0.2, -0.15) is 21.6 Å². The summed E-state index contributed by atoms with van der Waals surface area (Å²) in [6, 6.07) is 18.7. The smallest absolute Gasteiger partial charge is 0.456 e. The number of hydrogen-bond acceptors (Lipinski definition) is 8. The van der Waals surface area contributed by atoms with E-state index in [1.807, 2.05) is 81.4 Å². The van der Waals surface area contributed by atoms with E-state index in [1.54, 1.807) is 0 Å². The average molecular weight is 609 g/mol. The predicted octanol–water partition coefficient (Wildman–Crippen LogP) is 3.44. The molecule has 0 aliphatic carbocycles. The molecule has 0 radical (unpaired) electrons. The Kier molecular flexibility index (Phi) is 9.85. The zero-order valence-corrected chi connectivity index (χ0v) is 24.4. The summed E-state index contributed by atoms with van der Waals surface area (Å²) in [5, 5.41) is 1.24. The highest BCUT2D eigenvalue weighted by Gasteiger charge is 2.57. The van der Waals surface area contributed by atoms with Gasteiger partial charge in [-0.05, 0) is 15.4 Å². The zero-order chi connectivity index (χ0) is 29.9. The third-order valence-corrected chi connectivity index (χ3v) is 12.6. The summed E-state index contributed by atoms with van der Waals surface area (Å²) < 4.78 is 105. The summed E-state index contributed by atoms with van der Waals surface area (Å²) in [5.41, 5.74) is -5.82. The number of carbonyl (C=O) groups is 1. The lowest BCUT2D eigenvalue weighted by Crippen LogP contribution is -2.68. The molecular weight excluding hydrogens is 576 g/mol. The molecule has 40 heavy (non-hydrogen) atoms. The molecule has 222 valence electrons. The van der Waals surface area contributed by atoms with Gasteiger partial charge >= 0.3 is 21.6 Å². The van der Waals surface area contributed by atoms with E-state index >= 15 is 4.39 Å². The summed E-state index contributed by atoms with van der Waals surface area (Å²) in [4.78, 5) is 11.8. The molecule has 1 saturated heterocycles. The maximum Gasteiger partial charge on any atom is 0.523 e. The molecule has 2 aromatic rings. The average Bonchev–Trinajstić information content (AvgIpc) is 2.87. The Labute approximate surface area is 231 Å². The van der Waals surface area contributed by atoms with Crippen molar-refractivity contribution >= 4 is 34.8 Å². The Morgan fingerprint density at radius 2 is 1.45 bits per heavy atom. The molecule has 0 aromatic heterocycles. The highest BCUT2D eigenvalue weighted by molar-refractivity contribution is 7.87. The standard InChI is InChI=1S/C26H32F4O8SSi/c1-17(31)36-22-21(27)20(37-24(34-5)23(22)38-39(32,33)26(28,29)30)16-35-40(25(2,3)4,18-12-8-6-9-13-18)19-14-10-7-11-15-19/h6-15,20-24H,16H2,1-5H3/t20-,21-,22+,23-,24+/m1/s1. The molecule has 3 rings (SSSR count). The van der Waals surface area contributed by atoms with E-state index in [0.29, 0.717) is 0 Å². The van der Waals surface area contributed by atoms with E-state index in [4.69, 9.17) is 18.6 Å². The Balaban J connectivity index is 2.02. The summed E-state index contributed by atoms with van der Waals surface area (Å²) in [6.45, 7) is 6.43. The quantitative estimate of drug-likeness (QED) is 0.141. The van der Waals surface area contributed by atoms with Crippen LogP contribution in [0.15, 0.2) is 60.7 Å². The zero-order valence-electron chi connectivity index (χ0n) is 22.6. The van der Waals surface area contributed by atoms with Gasteiger partial charge in [0, 0.05) is 14.0 Å².